The van der Waals surface area contributed by atoms with Crippen molar-refractivity contribution in [2.24, 2.45) is 5.73 Å². The maximum Gasteiger partial charge on any atom is 0.0678 e. The zero-order chi connectivity index (χ0) is 9.47. The van der Waals surface area contributed by atoms with Crippen LogP contribution in [0.25, 0.3) is 0 Å². The van der Waals surface area contributed by atoms with E-state index >= 15 is 0 Å². The lowest BCUT2D eigenvalue weighted by molar-refractivity contribution is -0.0835. The highest BCUT2D eigenvalue weighted by Crippen LogP contribution is 2.41. The second-order valence-electron chi connectivity index (χ2n) is 4.59. The van der Waals surface area contributed by atoms with Crippen LogP contribution in [0.3, 0.4) is 0 Å². The number of ether oxygens (including phenoxy) is 1. The number of morpholine rings is 1. The molecule has 2 N–H and O–H groups in total. The Balaban J connectivity index is 1.99. The predicted octanol–water partition coefficient (Wildman–Crippen LogP) is 0.587. The van der Waals surface area contributed by atoms with Crippen LogP contribution < -0.4 is 5.73 Å². The van der Waals surface area contributed by atoms with Gasteiger partial charge in [0.25, 0.3) is 0 Å². The van der Waals surface area contributed by atoms with E-state index in [0.717, 1.165) is 19.6 Å². The van der Waals surface area contributed by atoms with Gasteiger partial charge in [0, 0.05) is 25.2 Å². The molecule has 0 unspecified atom stereocenters. The maximum atomic E-state index is 5.81. The average molecular weight is 184 g/mol. The fourth-order valence-corrected chi connectivity index (χ4v) is 2.36. The minimum Gasteiger partial charge on any atom is -0.373 e. The first-order valence-corrected chi connectivity index (χ1v) is 5.27. The van der Waals surface area contributed by atoms with Gasteiger partial charge in [0.05, 0.1) is 12.2 Å². The monoisotopic (exact) mass is 184 g/mol. The molecule has 2 aliphatic rings. The van der Waals surface area contributed by atoms with Gasteiger partial charge >= 0.3 is 0 Å². The minimum absolute atomic E-state index is 0.353. The Morgan fingerprint density at radius 3 is 2.23 bits per heavy atom. The van der Waals surface area contributed by atoms with E-state index in [1.165, 1.54) is 12.8 Å². The van der Waals surface area contributed by atoms with Crippen LogP contribution in [0.2, 0.25) is 0 Å². The Morgan fingerprint density at radius 2 is 1.85 bits per heavy atom. The number of rotatable bonds is 2. The quantitative estimate of drug-likeness (QED) is 0.682. The first-order valence-electron chi connectivity index (χ1n) is 5.27. The van der Waals surface area contributed by atoms with Crippen LogP contribution in [0.4, 0.5) is 0 Å². The normalized spacial score (nSPS) is 39.0. The third-order valence-corrected chi connectivity index (χ3v) is 3.30. The zero-order valence-electron chi connectivity index (χ0n) is 8.62. The molecule has 1 saturated heterocycles. The summed E-state index contributed by atoms with van der Waals surface area (Å²) in [5.74, 6) is 0. The fraction of sp³-hybridized carbons (Fsp3) is 1.00. The topological polar surface area (TPSA) is 38.5 Å². The molecule has 1 saturated carbocycles. The largest absolute Gasteiger partial charge is 0.373 e. The van der Waals surface area contributed by atoms with E-state index in [0.29, 0.717) is 17.7 Å². The minimum atomic E-state index is 0.353. The molecule has 2 fully saturated rings. The fourth-order valence-electron chi connectivity index (χ4n) is 2.36. The van der Waals surface area contributed by atoms with Crippen LogP contribution >= 0.6 is 0 Å². The molecule has 1 aliphatic carbocycles. The summed E-state index contributed by atoms with van der Waals surface area (Å²) in [4.78, 5) is 2.53. The van der Waals surface area contributed by atoms with Crippen LogP contribution in [-0.4, -0.2) is 42.3 Å². The maximum absolute atomic E-state index is 5.81. The van der Waals surface area contributed by atoms with Gasteiger partial charge in [0.2, 0.25) is 0 Å². The molecule has 0 radical (unpaired) electrons. The molecule has 0 aromatic carbocycles. The lowest BCUT2D eigenvalue weighted by atomic mass is 10.1. The van der Waals surface area contributed by atoms with Gasteiger partial charge in [-0.15, -0.1) is 0 Å². The highest BCUT2D eigenvalue weighted by atomic mass is 16.5. The number of hydrogen-bond acceptors (Lipinski definition) is 3. The predicted molar refractivity (Wildman–Crippen MR) is 52.6 cm³/mol. The third kappa shape index (κ3) is 1.73. The van der Waals surface area contributed by atoms with Crippen molar-refractivity contribution in [3.63, 3.8) is 0 Å². The summed E-state index contributed by atoms with van der Waals surface area (Å²) in [6.07, 6.45) is 3.30. The van der Waals surface area contributed by atoms with Gasteiger partial charge in [-0.3, -0.25) is 4.90 Å². The Bertz CT molecular complexity index is 181. The molecule has 13 heavy (non-hydrogen) atoms. The van der Waals surface area contributed by atoms with E-state index in [1.54, 1.807) is 0 Å². The van der Waals surface area contributed by atoms with Gasteiger partial charge in [-0.1, -0.05) is 0 Å². The molecular formula is C10H20N2O. The number of hydrogen-bond donors (Lipinski definition) is 1. The molecule has 0 bridgehead atoms. The van der Waals surface area contributed by atoms with Crippen molar-refractivity contribution < 1.29 is 4.74 Å². The molecule has 0 aromatic rings. The molecule has 76 valence electrons. The summed E-state index contributed by atoms with van der Waals surface area (Å²) >= 11 is 0. The Kier molecular flexibility index (Phi) is 2.34. The van der Waals surface area contributed by atoms with Gasteiger partial charge < -0.3 is 10.5 Å². The Morgan fingerprint density at radius 1 is 1.31 bits per heavy atom. The van der Waals surface area contributed by atoms with Crippen LogP contribution in [0.5, 0.6) is 0 Å². The van der Waals surface area contributed by atoms with Crippen molar-refractivity contribution in [3.05, 3.63) is 0 Å². The van der Waals surface area contributed by atoms with Crippen molar-refractivity contribution >= 4 is 0 Å². The molecule has 0 spiro atoms. The first kappa shape index (κ1) is 9.44. The molecule has 2 rings (SSSR count). The van der Waals surface area contributed by atoms with Crippen molar-refractivity contribution in [2.75, 3.05) is 19.6 Å². The molecule has 2 atom stereocenters. The molecule has 0 aromatic heterocycles. The second kappa shape index (κ2) is 3.23. The van der Waals surface area contributed by atoms with Gasteiger partial charge in [-0.05, 0) is 26.7 Å². The van der Waals surface area contributed by atoms with E-state index in [9.17, 15) is 0 Å². The number of nitrogens with zero attached hydrogens (tertiary/aromatic N) is 1. The van der Waals surface area contributed by atoms with E-state index < -0.39 is 0 Å². The molecule has 3 heteroatoms. The lowest BCUT2D eigenvalue weighted by Gasteiger charge is -2.40. The van der Waals surface area contributed by atoms with Crippen LogP contribution in [0.1, 0.15) is 26.7 Å². The Hall–Kier alpha value is -0.120. The van der Waals surface area contributed by atoms with Crippen LogP contribution in [0.15, 0.2) is 0 Å². The SMILES string of the molecule is C[C@@H]1CN(C2(CN)CC2)C[C@H](C)O1. The van der Waals surface area contributed by atoms with Crippen molar-refractivity contribution in [2.45, 2.75) is 44.4 Å². The summed E-state index contributed by atoms with van der Waals surface area (Å²) in [7, 11) is 0. The van der Waals surface area contributed by atoms with E-state index in [4.69, 9.17) is 10.5 Å². The third-order valence-electron chi connectivity index (χ3n) is 3.30. The van der Waals surface area contributed by atoms with Crippen molar-refractivity contribution in [1.29, 1.82) is 0 Å². The first-order chi connectivity index (χ1) is 6.16. The van der Waals surface area contributed by atoms with Crippen LogP contribution in [0, 0.1) is 0 Å². The molecule has 3 nitrogen and oxygen atoms in total. The van der Waals surface area contributed by atoms with Crippen LogP contribution in [-0.2, 0) is 4.74 Å². The smallest absolute Gasteiger partial charge is 0.0678 e. The van der Waals surface area contributed by atoms with Crippen molar-refractivity contribution in [1.82, 2.24) is 4.90 Å². The Labute approximate surface area is 80.2 Å². The molecule has 1 heterocycles. The summed E-state index contributed by atoms with van der Waals surface area (Å²) in [5.41, 5.74) is 6.16. The average Bonchev–Trinajstić information content (AvgIpc) is 2.82. The van der Waals surface area contributed by atoms with E-state index in [-0.39, 0.29) is 0 Å². The van der Waals surface area contributed by atoms with Crippen molar-refractivity contribution in [3.8, 4) is 0 Å². The van der Waals surface area contributed by atoms with Gasteiger partial charge in [0.1, 0.15) is 0 Å². The summed E-state index contributed by atoms with van der Waals surface area (Å²) < 4.78 is 5.70. The van der Waals surface area contributed by atoms with Gasteiger partial charge in [0.15, 0.2) is 0 Å². The molecular weight excluding hydrogens is 164 g/mol. The standard InChI is InChI=1S/C10H20N2O/c1-8-5-12(6-9(2)13-8)10(7-11)3-4-10/h8-9H,3-7,11H2,1-2H3/t8-,9+. The van der Waals surface area contributed by atoms with Gasteiger partial charge in [-0.2, -0.15) is 0 Å². The summed E-state index contributed by atoms with van der Waals surface area (Å²) in [6, 6.07) is 0. The second-order valence-corrected chi connectivity index (χ2v) is 4.59. The highest BCUT2D eigenvalue weighted by Gasteiger charge is 2.48. The summed E-state index contributed by atoms with van der Waals surface area (Å²) in [5, 5.41) is 0. The summed E-state index contributed by atoms with van der Waals surface area (Å²) in [6.45, 7) is 7.22. The molecule has 0 amide bonds. The van der Waals surface area contributed by atoms with E-state index in [2.05, 4.69) is 18.7 Å². The van der Waals surface area contributed by atoms with Gasteiger partial charge in [-0.25, -0.2) is 0 Å². The number of nitrogens with two attached hydrogens (primary N) is 1. The van der Waals surface area contributed by atoms with E-state index in [1.807, 2.05) is 0 Å². The lowest BCUT2D eigenvalue weighted by Crippen LogP contribution is -2.53. The molecule has 1 aliphatic heterocycles. The zero-order valence-corrected chi connectivity index (χ0v) is 8.62. The highest BCUT2D eigenvalue weighted by molar-refractivity contribution is 5.06.